The summed E-state index contributed by atoms with van der Waals surface area (Å²) in [7, 11) is 0. The van der Waals surface area contributed by atoms with E-state index >= 15 is 0 Å². The van der Waals surface area contributed by atoms with E-state index in [-0.39, 0.29) is 0 Å². The predicted molar refractivity (Wildman–Crippen MR) is 72.6 cm³/mol. The maximum absolute atomic E-state index is 11.5. The molecule has 0 amide bonds. The first kappa shape index (κ1) is 13.9. The summed E-state index contributed by atoms with van der Waals surface area (Å²) in [5.41, 5.74) is -0.464. The van der Waals surface area contributed by atoms with Crippen LogP contribution < -0.4 is 0 Å². The van der Waals surface area contributed by atoms with Crippen molar-refractivity contribution in [3.05, 3.63) is 0 Å². The first-order chi connectivity index (χ1) is 8.66. The molecule has 0 aromatic rings. The summed E-state index contributed by atoms with van der Waals surface area (Å²) < 4.78 is 0. The number of rotatable bonds is 5. The van der Waals surface area contributed by atoms with Gasteiger partial charge >= 0.3 is 5.97 Å². The van der Waals surface area contributed by atoms with Crippen LogP contribution in [0, 0.1) is 11.3 Å². The van der Waals surface area contributed by atoms with Crippen LogP contribution in [0.1, 0.15) is 58.3 Å². The highest BCUT2D eigenvalue weighted by Gasteiger charge is 2.40. The van der Waals surface area contributed by atoms with Gasteiger partial charge < -0.3 is 10.0 Å². The number of hydrogen-bond acceptors (Lipinski definition) is 2. The average molecular weight is 253 g/mol. The molecule has 2 aliphatic rings. The monoisotopic (exact) mass is 253 g/mol. The normalized spacial score (nSPS) is 30.7. The second kappa shape index (κ2) is 6.05. The maximum atomic E-state index is 11.5. The Morgan fingerprint density at radius 3 is 2.67 bits per heavy atom. The third-order valence-electron chi connectivity index (χ3n) is 5.11. The van der Waals surface area contributed by atoms with E-state index in [0.29, 0.717) is 0 Å². The molecule has 1 aliphatic heterocycles. The Morgan fingerprint density at radius 1 is 1.33 bits per heavy atom. The van der Waals surface area contributed by atoms with Gasteiger partial charge in [0.1, 0.15) is 0 Å². The summed E-state index contributed by atoms with van der Waals surface area (Å²) in [6.45, 7) is 5.00. The molecule has 1 unspecified atom stereocenters. The summed E-state index contributed by atoms with van der Waals surface area (Å²) in [5, 5.41) is 9.46. The van der Waals surface area contributed by atoms with Crippen LogP contribution >= 0.6 is 0 Å². The SMILES string of the molecule is CCC1(C(=O)O)CCCN(CCC2CCCC2)C1. The van der Waals surface area contributed by atoms with Crippen molar-refractivity contribution in [3.63, 3.8) is 0 Å². The minimum atomic E-state index is -0.587. The number of carboxylic acids is 1. The Bertz CT molecular complexity index is 286. The molecular weight excluding hydrogens is 226 g/mol. The van der Waals surface area contributed by atoms with Crippen LogP contribution in [0.4, 0.5) is 0 Å². The maximum Gasteiger partial charge on any atom is 0.310 e. The lowest BCUT2D eigenvalue weighted by Gasteiger charge is -2.39. The molecule has 0 aromatic carbocycles. The Hall–Kier alpha value is -0.570. The molecule has 2 fully saturated rings. The molecule has 0 bridgehead atoms. The first-order valence-electron chi connectivity index (χ1n) is 7.62. The Labute approximate surface area is 111 Å². The minimum Gasteiger partial charge on any atom is -0.481 e. The third kappa shape index (κ3) is 3.05. The Kier molecular flexibility index (Phi) is 4.66. The topological polar surface area (TPSA) is 40.5 Å². The zero-order chi connectivity index (χ0) is 13.0. The van der Waals surface area contributed by atoms with Gasteiger partial charge in [0.25, 0.3) is 0 Å². The Balaban J connectivity index is 1.83. The van der Waals surface area contributed by atoms with Gasteiger partial charge in [-0.15, -0.1) is 0 Å². The van der Waals surface area contributed by atoms with Crippen molar-refractivity contribution in [2.75, 3.05) is 19.6 Å². The van der Waals surface area contributed by atoms with Crippen LogP contribution in [0.15, 0.2) is 0 Å². The highest BCUT2D eigenvalue weighted by molar-refractivity contribution is 5.75. The number of nitrogens with zero attached hydrogens (tertiary/aromatic N) is 1. The van der Waals surface area contributed by atoms with Crippen LogP contribution in [0.2, 0.25) is 0 Å². The molecule has 104 valence electrons. The molecule has 1 saturated carbocycles. The molecule has 0 radical (unpaired) electrons. The third-order valence-corrected chi connectivity index (χ3v) is 5.11. The van der Waals surface area contributed by atoms with Crippen molar-refractivity contribution < 1.29 is 9.90 Å². The van der Waals surface area contributed by atoms with Gasteiger partial charge in [-0.2, -0.15) is 0 Å². The van der Waals surface area contributed by atoms with E-state index in [1.165, 1.54) is 32.1 Å². The van der Waals surface area contributed by atoms with E-state index in [2.05, 4.69) is 4.90 Å². The van der Waals surface area contributed by atoms with Gasteiger partial charge in [-0.1, -0.05) is 32.6 Å². The lowest BCUT2D eigenvalue weighted by Crippen LogP contribution is -2.47. The van der Waals surface area contributed by atoms with Crippen molar-refractivity contribution in [2.45, 2.75) is 58.3 Å². The zero-order valence-electron chi connectivity index (χ0n) is 11.7. The van der Waals surface area contributed by atoms with E-state index in [1.807, 2.05) is 6.92 Å². The highest BCUT2D eigenvalue weighted by Crippen LogP contribution is 2.34. The lowest BCUT2D eigenvalue weighted by atomic mass is 9.77. The molecule has 1 N–H and O–H groups in total. The van der Waals surface area contributed by atoms with E-state index in [1.54, 1.807) is 0 Å². The zero-order valence-corrected chi connectivity index (χ0v) is 11.7. The molecule has 0 aromatic heterocycles. The fraction of sp³-hybridized carbons (Fsp3) is 0.933. The second-order valence-corrected chi connectivity index (χ2v) is 6.26. The smallest absolute Gasteiger partial charge is 0.310 e. The van der Waals surface area contributed by atoms with Crippen molar-refractivity contribution in [1.29, 1.82) is 0 Å². The summed E-state index contributed by atoms with van der Waals surface area (Å²) in [5.74, 6) is 0.323. The van der Waals surface area contributed by atoms with E-state index in [4.69, 9.17) is 0 Å². The van der Waals surface area contributed by atoms with Crippen LogP contribution in [-0.4, -0.2) is 35.6 Å². The molecule has 1 heterocycles. The number of piperidine rings is 1. The molecule has 3 heteroatoms. The molecule has 1 aliphatic carbocycles. The fourth-order valence-electron chi connectivity index (χ4n) is 3.70. The molecular formula is C15H27NO2. The van der Waals surface area contributed by atoms with Crippen molar-refractivity contribution in [1.82, 2.24) is 4.90 Å². The van der Waals surface area contributed by atoms with Gasteiger partial charge in [0.2, 0.25) is 0 Å². The van der Waals surface area contributed by atoms with E-state index < -0.39 is 11.4 Å². The standard InChI is InChI=1S/C15H27NO2/c1-2-15(14(17)18)9-5-10-16(12-15)11-8-13-6-3-4-7-13/h13H,2-12H2,1H3,(H,17,18). The number of aliphatic carboxylic acids is 1. The molecule has 1 saturated heterocycles. The van der Waals surface area contributed by atoms with Crippen molar-refractivity contribution >= 4 is 5.97 Å². The fourth-order valence-corrected chi connectivity index (χ4v) is 3.70. The number of hydrogen-bond donors (Lipinski definition) is 1. The van der Waals surface area contributed by atoms with Crippen LogP contribution in [0.5, 0.6) is 0 Å². The van der Waals surface area contributed by atoms with Crippen LogP contribution in [-0.2, 0) is 4.79 Å². The van der Waals surface area contributed by atoms with Crippen molar-refractivity contribution in [2.24, 2.45) is 11.3 Å². The highest BCUT2D eigenvalue weighted by atomic mass is 16.4. The van der Waals surface area contributed by atoms with Gasteiger partial charge in [-0.25, -0.2) is 0 Å². The van der Waals surface area contributed by atoms with Gasteiger partial charge in [-0.05, 0) is 44.7 Å². The second-order valence-electron chi connectivity index (χ2n) is 6.26. The molecule has 3 nitrogen and oxygen atoms in total. The molecule has 2 rings (SSSR count). The van der Waals surface area contributed by atoms with Gasteiger partial charge in [0, 0.05) is 6.54 Å². The summed E-state index contributed by atoms with van der Waals surface area (Å²) in [4.78, 5) is 13.9. The van der Waals surface area contributed by atoms with Crippen LogP contribution in [0.25, 0.3) is 0 Å². The number of likely N-dealkylation sites (tertiary alicyclic amines) is 1. The van der Waals surface area contributed by atoms with Gasteiger partial charge in [0.15, 0.2) is 0 Å². The number of carboxylic acid groups (broad SMARTS) is 1. The van der Waals surface area contributed by atoms with Gasteiger partial charge in [-0.3, -0.25) is 4.79 Å². The number of carbonyl (C=O) groups is 1. The molecule has 0 spiro atoms. The quantitative estimate of drug-likeness (QED) is 0.818. The van der Waals surface area contributed by atoms with E-state index in [0.717, 1.165) is 44.8 Å². The van der Waals surface area contributed by atoms with E-state index in [9.17, 15) is 9.90 Å². The average Bonchev–Trinajstić information content (AvgIpc) is 2.89. The summed E-state index contributed by atoms with van der Waals surface area (Å²) in [6.07, 6.45) is 9.54. The largest absolute Gasteiger partial charge is 0.481 e. The van der Waals surface area contributed by atoms with Gasteiger partial charge in [0.05, 0.1) is 5.41 Å². The predicted octanol–water partition coefficient (Wildman–Crippen LogP) is 3.14. The van der Waals surface area contributed by atoms with Crippen molar-refractivity contribution in [3.8, 4) is 0 Å². The minimum absolute atomic E-state index is 0.464. The molecule has 1 atom stereocenters. The first-order valence-corrected chi connectivity index (χ1v) is 7.62. The molecule has 18 heavy (non-hydrogen) atoms. The van der Waals surface area contributed by atoms with Crippen LogP contribution in [0.3, 0.4) is 0 Å². The Morgan fingerprint density at radius 2 is 2.06 bits per heavy atom. The summed E-state index contributed by atoms with van der Waals surface area (Å²) in [6, 6.07) is 0. The lowest BCUT2D eigenvalue weighted by molar-refractivity contribution is -0.153. The summed E-state index contributed by atoms with van der Waals surface area (Å²) >= 11 is 0.